The van der Waals surface area contributed by atoms with Crippen LogP contribution in [0.25, 0.3) is 22.2 Å². The van der Waals surface area contributed by atoms with Gasteiger partial charge in [-0.15, -0.1) is 0 Å². The van der Waals surface area contributed by atoms with Crippen LogP contribution in [0.5, 0.6) is 5.75 Å². The maximum absolute atomic E-state index is 11.4. The molecule has 8 nitrogen and oxygen atoms in total. The highest BCUT2D eigenvalue weighted by Crippen LogP contribution is 2.48. The second-order valence-corrected chi connectivity index (χ2v) is 12.8. The fourth-order valence-electron chi connectivity index (χ4n) is 5.94. The van der Waals surface area contributed by atoms with E-state index in [1.165, 1.54) is 13.2 Å². The Balaban J connectivity index is 1.19. The van der Waals surface area contributed by atoms with Crippen molar-refractivity contribution in [2.75, 3.05) is 7.11 Å². The number of hydrogen-bond acceptors (Lipinski definition) is 7. The lowest BCUT2D eigenvalue weighted by molar-refractivity contribution is -0.0952. The summed E-state index contributed by atoms with van der Waals surface area (Å²) in [5.74, 6) is 7.46. The molecular weight excluding hydrogens is 601 g/mol. The second-order valence-electron chi connectivity index (χ2n) is 12.0. The molecule has 44 heavy (non-hydrogen) atoms. The lowest BCUT2D eigenvalue weighted by Crippen LogP contribution is -2.39. The van der Waals surface area contributed by atoms with Gasteiger partial charge in [0, 0.05) is 51.9 Å². The predicted octanol–water partition coefficient (Wildman–Crippen LogP) is 8.47. The Bertz CT molecular complexity index is 1780. The molecule has 0 radical (unpaired) electrons. The molecule has 228 valence electrons. The van der Waals surface area contributed by atoms with Crippen molar-refractivity contribution in [3.63, 3.8) is 0 Å². The van der Waals surface area contributed by atoms with Crippen LogP contribution in [0, 0.1) is 17.3 Å². The van der Waals surface area contributed by atoms with Gasteiger partial charge in [-0.1, -0.05) is 47.1 Å². The highest BCUT2D eigenvalue weighted by Gasteiger charge is 2.41. The van der Waals surface area contributed by atoms with Gasteiger partial charge in [0.15, 0.2) is 5.69 Å². The molecule has 2 saturated carbocycles. The molecule has 0 spiro atoms. The molecule has 2 fully saturated rings. The number of aromatic nitrogens is 3. The molecule has 3 aromatic heterocycles. The van der Waals surface area contributed by atoms with Crippen molar-refractivity contribution in [1.82, 2.24) is 15.1 Å². The number of rotatable bonds is 8. The Kier molecular flexibility index (Phi) is 8.31. The van der Waals surface area contributed by atoms with Crippen molar-refractivity contribution in [2.45, 2.75) is 76.9 Å². The third-order valence-corrected chi connectivity index (χ3v) is 9.58. The summed E-state index contributed by atoms with van der Waals surface area (Å²) in [4.78, 5) is 19.7. The zero-order chi connectivity index (χ0) is 31.1. The van der Waals surface area contributed by atoms with E-state index in [4.69, 9.17) is 37.2 Å². The molecule has 2 aliphatic rings. The fraction of sp³-hybridized carbons (Fsp3) is 0.412. The van der Waals surface area contributed by atoms with Crippen LogP contribution in [0.4, 0.5) is 0 Å². The molecule has 1 aromatic carbocycles. The topological polar surface area (TPSA) is 108 Å². The van der Waals surface area contributed by atoms with E-state index in [0.717, 1.165) is 67.2 Å². The summed E-state index contributed by atoms with van der Waals surface area (Å²) < 4.78 is 18.0. The number of benzene rings is 1. The van der Waals surface area contributed by atoms with Crippen molar-refractivity contribution in [3.05, 3.63) is 69.3 Å². The summed E-state index contributed by atoms with van der Waals surface area (Å²) in [6.45, 7) is 4.75. The standard InChI is InChI=1S/C34H33Cl2N3O5/c1-4-34(43-19-23-30(39-44-31(23)21-6-7-21)29-24(35)17-37-18-25(29)36)13-11-33(2,12-14-34)10-9-20-5-8-26-22(15-20)28(42-3)16-27(38-26)32(40)41/h5,8,15-18,21H,4,6-7,11-14,19H2,1-3H3,(H,40,41). The molecule has 0 unspecified atom stereocenters. The first-order valence-corrected chi connectivity index (χ1v) is 15.6. The lowest BCUT2D eigenvalue weighted by atomic mass is 9.69. The van der Waals surface area contributed by atoms with Gasteiger partial charge < -0.3 is 19.1 Å². The molecule has 2 aliphatic carbocycles. The molecule has 6 rings (SSSR count). The van der Waals surface area contributed by atoms with E-state index in [9.17, 15) is 9.90 Å². The van der Waals surface area contributed by atoms with Gasteiger partial charge in [-0.3, -0.25) is 4.98 Å². The van der Waals surface area contributed by atoms with Gasteiger partial charge in [0.25, 0.3) is 0 Å². The quantitative estimate of drug-likeness (QED) is 0.192. The Hall–Kier alpha value is -3.64. The van der Waals surface area contributed by atoms with Crippen LogP contribution >= 0.6 is 23.2 Å². The summed E-state index contributed by atoms with van der Waals surface area (Å²) in [6, 6.07) is 6.99. The smallest absolute Gasteiger partial charge is 0.354 e. The first kappa shape index (κ1) is 30.4. The highest BCUT2D eigenvalue weighted by atomic mass is 35.5. The number of halogens is 2. The van der Waals surface area contributed by atoms with Crippen molar-refractivity contribution in [3.8, 4) is 28.8 Å². The Labute approximate surface area is 266 Å². The average Bonchev–Trinajstić information content (AvgIpc) is 3.79. The van der Waals surface area contributed by atoms with Crippen LogP contribution < -0.4 is 4.74 Å². The molecule has 10 heteroatoms. The van der Waals surface area contributed by atoms with Gasteiger partial charge in [-0.2, -0.15) is 0 Å². The Morgan fingerprint density at radius 3 is 2.50 bits per heavy atom. The zero-order valence-electron chi connectivity index (χ0n) is 24.9. The average molecular weight is 635 g/mol. The minimum absolute atomic E-state index is 0.0569. The Morgan fingerprint density at radius 2 is 1.86 bits per heavy atom. The van der Waals surface area contributed by atoms with Crippen LogP contribution in [-0.4, -0.2) is 38.9 Å². The number of ether oxygens (including phenoxy) is 2. The monoisotopic (exact) mass is 633 g/mol. The summed E-state index contributed by atoms with van der Waals surface area (Å²) in [5, 5.41) is 15.3. The number of methoxy groups -OCH3 is 1. The first-order chi connectivity index (χ1) is 21.1. The van der Waals surface area contributed by atoms with Gasteiger partial charge >= 0.3 is 5.97 Å². The molecule has 3 heterocycles. The van der Waals surface area contributed by atoms with E-state index < -0.39 is 5.97 Å². The van der Waals surface area contributed by atoms with E-state index in [1.54, 1.807) is 18.5 Å². The summed E-state index contributed by atoms with van der Waals surface area (Å²) in [7, 11) is 1.52. The van der Waals surface area contributed by atoms with E-state index in [1.807, 2.05) is 12.1 Å². The van der Waals surface area contributed by atoms with Gasteiger partial charge in [-0.25, -0.2) is 9.78 Å². The van der Waals surface area contributed by atoms with Crippen LogP contribution in [0.15, 0.2) is 41.2 Å². The van der Waals surface area contributed by atoms with E-state index in [-0.39, 0.29) is 16.7 Å². The van der Waals surface area contributed by atoms with Gasteiger partial charge in [0.05, 0.1) is 34.9 Å². The number of carboxylic acids is 1. The number of carbonyl (C=O) groups is 1. The minimum atomic E-state index is -1.10. The van der Waals surface area contributed by atoms with Crippen LogP contribution in [-0.2, 0) is 11.3 Å². The third kappa shape index (κ3) is 6.01. The normalized spacial score (nSPS) is 21.6. The second kappa shape index (κ2) is 12.0. The zero-order valence-corrected chi connectivity index (χ0v) is 26.4. The molecule has 1 N–H and O–H groups in total. The molecular formula is C34H33Cl2N3O5. The number of nitrogens with zero attached hydrogens (tertiary/aromatic N) is 3. The van der Waals surface area contributed by atoms with Gasteiger partial charge in [0.1, 0.15) is 17.2 Å². The van der Waals surface area contributed by atoms with E-state index in [2.05, 4.69) is 40.8 Å². The third-order valence-electron chi connectivity index (χ3n) is 9.01. The molecule has 0 saturated heterocycles. The van der Waals surface area contributed by atoms with Crippen LogP contribution in [0.3, 0.4) is 0 Å². The number of fused-ring (bicyclic) bond motifs is 1. The van der Waals surface area contributed by atoms with Crippen LogP contribution in [0.1, 0.15) is 92.1 Å². The summed E-state index contributed by atoms with van der Waals surface area (Å²) in [6.07, 6.45) is 9.67. The largest absolute Gasteiger partial charge is 0.496 e. The van der Waals surface area contributed by atoms with Crippen LogP contribution in [0.2, 0.25) is 10.0 Å². The number of carboxylic acid groups (broad SMARTS) is 1. The summed E-state index contributed by atoms with van der Waals surface area (Å²) >= 11 is 13.0. The first-order valence-electron chi connectivity index (χ1n) is 14.8. The maximum atomic E-state index is 11.4. The molecule has 0 amide bonds. The number of hydrogen-bond donors (Lipinski definition) is 1. The fourth-order valence-corrected chi connectivity index (χ4v) is 6.49. The van der Waals surface area contributed by atoms with Crippen molar-refractivity contribution in [2.24, 2.45) is 5.41 Å². The van der Waals surface area contributed by atoms with Crippen molar-refractivity contribution in [1.29, 1.82) is 0 Å². The maximum Gasteiger partial charge on any atom is 0.354 e. The summed E-state index contributed by atoms with van der Waals surface area (Å²) in [5.41, 5.74) is 3.03. The molecule has 4 aromatic rings. The lowest BCUT2D eigenvalue weighted by Gasteiger charge is -2.42. The minimum Gasteiger partial charge on any atom is -0.496 e. The van der Waals surface area contributed by atoms with Crippen molar-refractivity contribution < 1.29 is 23.9 Å². The predicted molar refractivity (Wildman–Crippen MR) is 168 cm³/mol. The van der Waals surface area contributed by atoms with Crippen molar-refractivity contribution >= 4 is 40.1 Å². The van der Waals surface area contributed by atoms with Gasteiger partial charge in [-0.05, 0) is 70.1 Å². The Morgan fingerprint density at radius 1 is 1.14 bits per heavy atom. The molecule has 0 aliphatic heterocycles. The van der Waals surface area contributed by atoms with E-state index in [0.29, 0.717) is 45.1 Å². The molecule has 0 bridgehead atoms. The van der Waals surface area contributed by atoms with Gasteiger partial charge in [0.2, 0.25) is 0 Å². The number of aromatic carboxylic acids is 1. The highest BCUT2D eigenvalue weighted by molar-refractivity contribution is 6.38. The number of pyridine rings is 2. The SMILES string of the molecule is CCC1(OCc2c(-c3c(Cl)cncc3Cl)noc2C2CC2)CCC(C)(C#Cc2ccc3nc(C(=O)O)cc(OC)c3c2)CC1. The van der Waals surface area contributed by atoms with E-state index >= 15 is 0 Å². The molecule has 0 atom stereocenters.